The summed E-state index contributed by atoms with van der Waals surface area (Å²) in [6, 6.07) is 7.12. The summed E-state index contributed by atoms with van der Waals surface area (Å²) < 4.78 is 14.9. The van der Waals surface area contributed by atoms with Crippen molar-refractivity contribution in [1.29, 1.82) is 0 Å². The van der Waals surface area contributed by atoms with Crippen molar-refractivity contribution < 1.29 is 9.18 Å². The number of imidazole rings is 1. The van der Waals surface area contributed by atoms with Crippen molar-refractivity contribution in [1.82, 2.24) is 19.3 Å². The molecule has 3 aromatic heterocycles. The lowest BCUT2D eigenvalue weighted by Crippen LogP contribution is -2.49. The van der Waals surface area contributed by atoms with E-state index in [2.05, 4.69) is 39.6 Å². The molecule has 1 amide bonds. The van der Waals surface area contributed by atoms with Gasteiger partial charge in [0.15, 0.2) is 0 Å². The maximum absolute atomic E-state index is 12.9. The van der Waals surface area contributed by atoms with Gasteiger partial charge in [0.2, 0.25) is 5.91 Å². The number of carbonyl (C=O) groups excluding carboxylic acids is 1. The smallest absolute Gasteiger partial charge is 0.228 e. The number of fused-ring (bicyclic) bond motifs is 1. The van der Waals surface area contributed by atoms with Crippen molar-refractivity contribution in [3.63, 3.8) is 0 Å². The summed E-state index contributed by atoms with van der Waals surface area (Å²) in [7, 11) is 0. The fraction of sp³-hybridized carbons (Fsp3) is 0.316. The Hall–Kier alpha value is -2.76. The highest BCUT2D eigenvalue weighted by Crippen LogP contribution is 2.29. The van der Waals surface area contributed by atoms with Gasteiger partial charge < -0.3 is 9.30 Å². The molecule has 0 radical (unpaired) electrons. The third-order valence-corrected chi connectivity index (χ3v) is 4.77. The maximum Gasteiger partial charge on any atom is 0.228 e. The molecule has 1 aliphatic rings. The van der Waals surface area contributed by atoms with Crippen LogP contribution in [0, 0.1) is 5.82 Å². The van der Waals surface area contributed by atoms with E-state index in [4.69, 9.17) is 0 Å². The predicted molar refractivity (Wildman–Crippen MR) is 91.8 cm³/mol. The van der Waals surface area contributed by atoms with Gasteiger partial charge in [0.1, 0.15) is 5.82 Å². The average Bonchev–Trinajstić information content (AvgIpc) is 2.98. The Morgan fingerprint density at radius 3 is 2.80 bits per heavy atom. The first kappa shape index (κ1) is 15.7. The zero-order chi connectivity index (χ0) is 17.4. The van der Waals surface area contributed by atoms with E-state index in [9.17, 15) is 9.18 Å². The highest BCUT2D eigenvalue weighted by molar-refractivity contribution is 5.79. The number of rotatable bonds is 4. The normalized spacial score (nSPS) is 14.7. The number of hydrogen-bond donors (Lipinski definition) is 0. The maximum atomic E-state index is 12.9. The van der Waals surface area contributed by atoms with Crippen LogP contribution in [0.15, 0.2) is 43.0 Å². The molecular formula is C19H19FN4O. The van der Waals surface area contributed by atoms with Crippen LogP contribution < -0.4 is 0 Å². The van der Waals surface area contributed by atoms with Crippen molar-refractivity contribution in [3.05, 3.63) is 65.8 Å². The van der Waals surface area contributed by atoms with Crippen LogP contribution in [0.5, 0.6) is 0 Å². The van der Waals surface area contributed by atoms with Gasteiger partial charge in [0.25, 0.3) is 0 Å². The Morgan fingerprint density at radius 2 is 2.08 bits per heavy atom. The molecule has 6 heteroatoms. The van der Waals surface area contributed by atoms with E-state index >= 15 is 0 Å². The number of likely N-dealkylation sites (tertiary alicyclic amines) is 1. The highest BCUT2D eigenvalue weighted by atomic mass is 19.1. The van der Waals surface area contributed by atoms with Crippen LogP contribution in [-0.2, 0) is 17.6 Å². The van der Waals surface area contributed by atoms with Crippen LogP contribution in [-0.4, -0.2) is 38.3 Å². The van der Waals surface area contributed by atoms with E-state index in [0.29, 0.717) is 18.8 Å². The van der Waals surface area contributed by atoms with Crippen molar-refractivity contribution >= 4 is 11.4 Å². The molecule has 0 spiro atoms. The summed E-state index contributed by atoms with van der Waals surface area (Å²) in [5, 5.41) is 0. The molecule has 0 atom stereocenters. The zero-order valence-corrected chi connectivity index (χ0v) is 14.0. The number of aromatic nitrogens is 3. The van der Waals surface area contributed by atoms with Crippen LogP contribution in [0.1, 0.15) is 29.8 Å². The number of aryl methyl sites for hydroxylation is 1. The average molecular weight is 338 g/mol. The molecule has 0 aliphatic carbocycles. The molecule has 4 heterocycles. The van der Waals surface area contributed by atoms with Gasteiger partial charge in [-0.25, -0.2) is 9.37 Å². The summed E-state index contributed by atoms with van der Waals surface area (Å²) >= 11 is 0. The Balaban J connectivity index is 1.41. The van der Waals surface area contributed by atoms with Gasteiger partial charge in [0.05, 0.1) is 30.2 Å². The molecule has 0 bridgehead atoms. The van der Waals surface area contributed by atoms with Crippen LogP contribution >= 0.6 is 0 Å². The van der Waals surface area contributed by atoms with Gasteiger partial charge >= 0.3 is 0 Å². The lowest BCUT2D eigenvalue weighted by Gasteiger charge is -2.38. The fourth-order valence-electron chi connectivity index (χ4n) is 3.22. The van der Waals surface area contributed by atoms with Gasteiger partial charge in [-0.3, -0.25) is 9.78 Å². The molecule has 5 nitrogen and oxygen atoms in total. The third-order valence-electron chi connectivity index (χ3n) is 4.77. The molecule has 0 saturated carbocycles. The molecule has 25 heavy (non-hydrogen) atoms. The summed E-state index contributed by atoms with van der Waals surface area (Å²) in [5.74, 6) is -0.104. The molecule has 0 unspecified atom stereocenters. The van der Waals surface area contributed by atoms with E-state index in [1.165, 1.54) is 11.6 Å². The molecule has 3 aromatic rings. The van der Waals surface area contributed by atoms with Crippen LogP contribution in [0.3, 0.4) is 0 Å². The number of hydrogen-bond acceptors (Lipinski definition) is 3. The van der Waals surface area contributed by atoms with E-state index in [1.807, 2.05) is 6.33 Å². The van der Waals surface area contributed by atoms with Crippen molar-refractivity contribution in [2.24, 2.45) is 0 Å². The predicted octanol–water partition coefficient (Wildman–Crippen LogP) is 2.60. The molecule has 1 aliphatic heterocycles. The number of pyridine rings is 2. The molecular weight excluding hydrogens is 319 g/mol. The van der Waals surface area contributed by atoms with Crippen molar-refractivity contribution in [2.45, 2.75) is 25.7 Å². The molecule has 1 saturated heterocycles. The number of carbonyl (C=O) groups is 1. The molecule has 4 rings (SSSR count). The first-order valence-corrected chi connectivity index (χ1v) is 8.47. The lowest BCUT2D eigenvalue weighted by molar-refractivity contribution is -0.134. The van der Waals surface area contributed by atoms with Gasteiger partial charge in [-0.05, 0) is 30.2 Å². The van der Waals surface area contributed by atoms with Crippen LogP contribution in [0.4, 0.5) is 4.39 Å². The summed E-state index contributed by atoms with van der Waals surface area (Å²) in [5.41, 5.74) is 4.02. The molecule has 0 aromatic carbocycles. The SMILES string of the molecule is CCc1ccc2c(C3CN(C(=O)Cc4ccc(F)cn4)C3)ncn2c1. The van der Waals surface area contributed by atoms with E-state index in [-0.39, 0.29) is 18.2 Å². The second-order valence-corrected chi connectivity index (χ2v) is 6.45. The Bertz CT molecular complexity index is 913. The second-order valence-electron chi connectivity index (χ2n) is 6.45. The monoisotopic (exact) mass is 338 g/mol. The van der Waals surface area contributed by atoms with Gasteiger partial charge in [-0.1, -0.05) is 13.0 Å². The van der Waals surface area contributed by atoms with E-state index < -0.39 is 5.82 Å². The van der Waals surface area contributed by atoms with Crippen LogP contribution in [0.2, 0.25) is 0 Å². The topological polar surface area (TPSA) is 50.5 Å². The van der Waals surface area contributed by atoms with Crippen molar-refractivity contribution in [2.75, 3.05) is 13.1 Å². The molecule has 0 N–H and O–H groups in total. The first-order chi connectivity index (χ1) is 12.1. The number of amides is 1. The molecule has 128 valence electrons. The minimum atomic E-state index is -0.391. The summed E-state index contributed by atoms with van der Waals surface area (Å²) in [6.45, 7) is 3.47. The van der Waals surface area contributed by atoms with E-state index in [1.54, 1.807) is 11.0 Å². The standard InChI is InChI=1S/C19H19FN4O/c1-2-13-3-6-17-19(22-12-24(17)9-13)14-10-23(11-14)18(25)7-16-5-4-15(20)8-21-16/h3-6,8-9,12,14H,2,7,10-11H2,1H3. The van der Waals surface area contributed by atoms with E-state index in [0.717, 1.165) is 23.8 Å². The van der Waals surface area contributed by atoms with Gasteiger partial charge in [-0.2, -0.15) is 0 Å². The number of halogens is 1. The quantitative estimate of drug-likeness (QED) is 0.735. The fourth-order valence-corrected chi connectivity index (χ4v) is 3.22. The lowest BCUT2D eigenvalue weighted by atomic mass is 9.94. The minimum Gasteiger partial charge on any atom is -0.341 e. The minimum absolute atomic E-state index is 0.0205. The van der Waals surface area contributed by atoms with Crippen LogP contribution in [0.25, 0.3) is 5.52 Å². The molecule has 1 fully saturated rings. The Kier molecular flexibility index (Phi) is 3.95. The first-order valence-electron chi connectivity index (χ1n) is 8.47. The highest BCUT2D eigenvalue weighted by Gasteiger charge is 2.34. The zero-order valence-electron chi connectivity index (χ0n) is 14.0. The van der Waals surface area contributed by atoms with Gasteiger partial charge in [-0.15, -0.1) is 0 Å². The summed E-state index contributed by atoms with van der Waals surface area (Å²) in [4.78, 5) is 22.6. The van der Waals surface area contributed by atoms with Crippen molar-refractivity contribution in [3.8, 4) is 0 Å². The Labute approximate surface area is 145 Å². The second kappa shape index (κ2) is 6.27. The summed E-state index contributed by atoms with van der Waals surface area (Å²) in [6.07, 6.45) is 6.29. The number of nitrogens with zero attached hydrogens (tertiary/aromatic N) is 4. The third kappa shape index (κ3) is 2.99. The Morgan fingerprint density at radius 1 is 1.24 bits per heavy atom. The van der Waals surface area contributed by atoms with Gasteiger partial charge in [0, 0.05) is 30.9 Å². The largest absolute Gasteiger partial charge is 0.341 e.